The van der Waals surface area contributed by atoms with Crippen molar-refractivity contribution < 1.29 is 4.74 Å². The van der Waals surface area contributed by atoms with Gasteiger partial charge < -0.3 is 15.4 Å². The third-order valence-corrected chi connectivity index (χ3v) is 4.82. The predicted molar refractivity (Wildman–Crippen MR) is 112 cm³/mol. The molecule has 6 heteroatoms. The van der Waals surface area contributed by atoms with Gasteiger partial charge in [-0.25, -0.2) is 0 Å². The van der Waals surface area contributed by atoms with Crippen LogP contribution in [0.5, 0.6) is 0 Å². The molecule has 0 radical (unpaired) electrons. The fraction of sp³-hybridized carbons (Fsp3) is 0.944. The van der Waals surface area contributed by atoms with E-state index in [1.54, 1.807) is 0 Å². The van der Waals surface area contributed by atoms with E-state index in [0.29, 0.717) is 6.04 Å². The van der Waals surface area contributed by atoms with Gasteiger partial charge in [-0.05, 0) is 52.0 Å². The molecular formula is C18H37IN4O. The zero-order chi connectivity index (χ0) is 16.7. The zero-order valence-corrected chi connectivity index (χ0v) is 18.3. The smallest absolute Gasteiger partial charge is 0.191 e. The summed E-state index contributed by atoms with van der Waals surface area (Å²) in [5.74, 6) is 1.66. The lowest BCUT2D eigenvalue weighted by Gasteiger charge is -2.27. The first-order chi connectivity index (χ1) is 11.0. The Kier molecular flexibility index (Phi) is 9.89. The Morgan fingerprint density at radius 2 is 2.12 bits per heavy atom. The number of nitrogens with one attached hydrogen (secondary N) is 2. The topological polar surface area (TPSA) is 48.9 Å². The zero-order valence-electron chi connectivity index (χ0n) is 15.9. The van der Waals surface area contributed by atoms with Crippen LogP contribution in [0.3, 0.4) is 0 Å². The van der Waals surface area contributed by atoms with Crippen LogP contribution < -0.4 is 10.6 Å². The fourth-order valence-corrected chi connectivity index (χ4v) is 3.60. The Bertz CT molecular complexity index is 383. The molecule has 24 heavy (non-hydrogen) atoms. The van der Waals surface area contributed by atoms with Gasteiger partial charge >= 0.3 is 0 Å². The van der Waals surface area contributed by atoms with E-state index in [1.807, 2.05) is 0 Å². The number of hydrogen-bond donors (Lipinski definition) is 2. The van der Waals surface area contributed by atoms with Gasteiger partial charge in [-0.15, -0.1) is 24.0 Å². The molecular weight excluding hydrogens is 415 g/mol. The van der Waals surface area contributed by atoms with Crippen LogP contribution in [0.1, 0.15) is 53.4 Å². The van der Waals surface area contributed by atoms with E-state index in [9.17, 15) is 0 Å². The first-order valence-electron chi connectivity index (χ1n) is 9.42. The molecule has 142 valence electrons. The van der Waals surface area contributed by atoms with Gasteiger partial charge in [0.05, 0.1) is 12.1 Å². The Morgan fingerprint density at radius 1 is 1.33 bits per heavy atom. The SMILES string of the molecule is CCNC(=NCC1(C)CCCO1)NC[C@H]1CCCN1CC(C)C.I. The molecule has 0 bridgehead atoms. The summed E-state index contributed by atoms with van der Waals surface area (Å²) in [6, 6.07) is 0.638. The van der Waals surface area contributed by atoms with Gasteiger partial charge in [-0.2, -0.15) is 0 Å². The first kappa shape index (κ1) is 22.0. The number of nitrogens with zero attached hydrogens (tertiary/aromatic N) is 2. The van der Waals surface area contributed by atoms with Crippen molar-refractivity contribution in [3.63, 3.8) is 0 Å². The number of likely N-dealkylation sites (tertiary alicyclic amines) is 1. The molecule has 2 atom stereocenters. The van der Waals surface area contributed by atoms with Crippen LogP contribution in [0.25, 0.3) is 0 Å². The molecule has 0 amide bonds. The van der Waals surface area contributed by atoms with E-state index in [0.717, 1.165) is 51.0 Å². The molecule has 0 spiro atoms. The minimum absolute atomic E-state index is 0. The van der Waals surface area contributed by atoms with Crippen molar-refractivity contribution in [2.24, 2.45) is 10.9 Å². The van der Waals surface area contributed by atoms with Crippen molar-refractivity contribution >= 4 is 29.9 Å². The molecule has 2 heterocycles. The first-order valence-corrected chi connectivity index (χ1v) is 9.42. The van der Waals surface area contributed by atoms with E-state index in [2.05, 4.69) is 43.2 Å². The number of ether oxygens (including phenoxy) is 1. The third kappa shape index (κ3) is 7.04. The quantitative estimate of drug-likeness (QED) is 0.355. The van der Waals surface area contributed by atoms with Gasteiger partial charge in [0.2, 0.25) is 0 Å². The second-order valence-corrected chi connectivity index (χ2v) is 7.66. The van der Waals surface area contributed by atoms with Crippen molar-refractivity contribution in [2.45, 2.75) is 65.0 Å². The largest absolute Gasteiger partial charge is 0.373 e. The predicted octanol–water partition coefficient (Wildman–Crippen LogP) is 2.85. The van der Waals surface area contributed by atoms with Gasteiger partial charge in [-0.1, -0.05) is 13.8 Å². The highest BCUT2D eigenvalue weighted by Gasteiger charge is 2.29. The van der Waals surface area contributed by atoms with Crippen LogP contribution in [0.4, 0.5) is 0 Å². The highest BCUT2D eigenvalue weighted by molar-refractivity contribution is 14.0. The van der Waals surface area contributed by atoms with E-state index in [-0.39, 0.29) is 29.6 Å². The molecule has 2 aliphatic heterocycles. The van der Waals surface area contributed by atoms with E-state index in [4.69, 9.17) is 9.73 Å². The lowest BCUT2D eigenvalue weighted by molar-refractivity contribution is 0.0283. The van der Waals surface area contributed by atoms with Crippen molar-refractivity contribution in [2.75, 3.05) is 39.3 Å². The van der Waals surface area contributed by atoms with Gasteiger partial charge in [0.25, 0.3) is 0 Å². The van der Waals surface area contributed by atoms with Gasteiger partial charge in [0, 0.05) is 32.3 Å². The lowest BCUT2D eigenvalue weighted by atomic mass is 10.0. The lowest BCUT2D eigenvalue weighted by Crippen LogP contribution is -2.46. The molecule has 2 fully saturated rings. The third-order valence-electron chi connectivity index (χ3n) is 4.82. The second kappa shape index (κ2) is 10.8. The molecule has 0 aromatic carbocycles. The maximum absolute atomic E-state index is 5.84. The van der Waals surface area contributed by atoms with Crippen molar-refractivity contribution in [1.29, 1.82) is 0 Å². The van der Waals surface area contributed by atoms with Crippen molar-refractivity contribution in [3.05, 3.63) is 0 Å². The fourth-order valence-electron chi connectivity index (χ4n) is 3.60. The molecule has 0 saturated carbocycles. The van der Waals surface area contributed by atoms with Crippen LogP contribution in [0.15, 0.2) is 4.99 Å². The summed E-state index contributed by atoms with van der Waals surface area (Å²) in [5.41, 5.74) is -0.0701. The minimum Gasteiger partial charge on any atom is -0.373 e. The van der Waals surface area contributed by atoms with E-state index >= 15 is 0 Å². The van der Waals surface area contributed by atoms with Crippen LogP contribution in [0, 0.1) is 5.92 Å². The summed E-state index contributed by atoms with van der Waals surface area (Å²) in [4.78, 5) is 7.39. The highest BCUT2D eigenvalue weighted by atomic mass is 127. The molecule has 1 unspecified atom stereocenters. The Labute approximate surface area is 165 Å². The molecule has 0 aromatic heterocycles. The standard InChI is InChI=1S/C18H36N4O.HI/c1-5-19-17(21-14-18(4)9-7-11-23-18)20-12-16-8-6-10-22(16)13-15(2)3;/h15-16H,5-14H2,1-4H3,(H2,19,20,21);1H/t16-,18?;/m1./s1. The molecule has 2 N–H and O–H groups in total. The molecule has 0 aromatic rings. The van der Waals surface area contributed by atoms with Crippen LogP contribution >= 0.6 is 24.0 Å². The second-order valence-electron chi connectivity index (χ2n) is 7.66. The molecule has 5 nitrogen and oxygen atoms in total. The van der Waals surface area contributed by atoms with Gasteiger partial charge in [0.1, 0.15) is 0 Å². The molecule has 2 aliphatic rings. The Hall–Kier alpha value is -0.0800. The molecule has 2 saturated heterocycles. The van der Waals surface area contributed by atoms with Crippen molar-refractivity contribution in [1.82, 2.24) is 15.5 Å². The summed E-state index contributed by atoms with van der Waals surface area (Å²) < 4.78 is 5.84. The normalized spacial score (nSPS) is 28.2. The average Bonchev–Trinajstić information content (AvgIpc) is 3.11. The summed E-state index contributed by atoms with van der Waals surface area (Å²) in [5, 5.41) is 6.92. The maximum Gasteiger partial charge on any atom is 0.191 e. The Morgan fingerprint density at radius 3 is 2.75 bits per heavy atom. The van der Waals surface area contributed by atoms with Crippen molar-refractivity contribution in [3.8, 4) is 0 Å². The van der Waals surface area contributed by atoms with E-state index in [1.165, 1.54) is 25.9 Å². The van der Waals surface area contributed by atoms with Gasteiger partial charge in [-0.3, -0.25) is 9.89 Å². The summed E-state index contributed by atoms with van der Waals surface area (Å²) in [6.45, 7) is 14.8. The highest BCUT2D eigenvalue weighted by Crippen LogP contribution is 2.25. The summed E-state index contributed by atoms with van der Waals surface area (Å²) in [7, 11) is 0. The minimum atomic E-state index is -0.0701. The average molecular weight is 452 g/mol. The summed E-state index contributed by atoms with van der Waals surface area (Å²) in [6.07, 6.45) is 4.88. The molecule has 0 aliphatic carbocycles. The van der Waals surface area contributed by atoms with Gasteiger partial charge in [0.15, 0.2) is 5.96 Å². The number of rotatable bonds is 7. The van der Waals surface area contributed by atoms with Crippen LogP contribution in [0.2, 0.25) is 0 Å². The maximum atomic E-state index is 5.84. The molecule has 2 rings (SSSR count). The number of aliphatic imine (C=N–C) groups is 1. The van der Waals surface area contributed by atoms with E-state index < -0.39 is 0 Å². The van der Waals surface area contributed by atoms with Crippen LogP contribution in [-0.2, 0) is 4.74 Å². The monoisotopic (exact) mass is 452 g/mol. The number of halogens is 1. The van der Waals surface area contributed by atoms with Crippen LogP contribution in [-0.4, -0.2) is 61.8 Å². The number of hydrogen-bond acceptors (Lipinski definition) is 3. The summed E-state index contributed by atoms with van der Waals surface area (Å²) >= 11 is 0. The Balaban J connectivity index is 0.00000288. The number of guanidine groups is 1.